The Labute approximate surface area is 178 Å². The number of halogens is 2. The summed E-state index contributed by atoms with van der Waals surface area (Å²) < 4.78 is 19.8. The number of carbonyl (C=O) groups is 1. The van der Waals surface area contributed by atoms with Gasteiger partial charge in [0.2, 0.25) is 0 Å². The highest BCUT2D eigenvalue weighted by molar-refractivity contribution is 7.09. The molecule has 0 aliphatic carbocycles. The number of hydrogen-bond donors (Lipinski definition) is 0. The molecule has 0 spiro atoms. The van der Waals surface area contributed by atoms with Gasteiger partial charge in [-0.25, -0.2) is 9.37 Å². The average molecular weight is 433 g/mol. The average Bonchev–Trinajstić information content (AvgIpc) is 3.14. The molecule has 7 heteroatoms. The number of aromatic nitrogens is 1. The molecule has 2 aromatic carbocycles. The molecule has 0 radical (unpaired) electrons. The lowest BCUT2D eigenvalue weighted by molar-refractivity contribution is 0.0716. The molecule has 0 aliphatic heterocycles. The molecule has 1 amide bonds. The quantitative estimate of drug-likeness (QED) is 0.451. The minimum atomic E-state index is -0.512. The fourth-order valence-corrected chi connectivity index (χ4v) is 3.65. The monoisotopic (exact) mass is 432 g/mol. The molecule has 0 N–H and O–H groups in total. The van der Waals surface area contributed by atoms with Crippen LogP contribution >= 0.6 is 22.9 Å². The zero-order valence-corrected chi connectivity index (χ0v) is 17.8. The van der Waals surface area contributed by atoms with Crippen molar-refractivity contribution in [1.29, 1.82) is 0 Å². The van der Waals surface area contributed by atoms with Gasteiger partial charge in [-0.05, 0) is 42.3 Å². The Morgan fingerprint density at radius 2 is 1.93 bits per heavy atom. The number of carbonyl (C=O) groups excluding carboxylic acids is 1. The summed E-state index contributed by atoms with van der Waals surface area (Å²) in [5.74, 6) is 0.115. The lowest BCUT2D eigenvalue weighted by atomic mass is 10.1. The number of ether oxygens (including phenoxy) is 1. The Balaban J connectivity index is 1.67. The van der Waals surface area contributed by atoms with Crippen molar-refractivity contribution < 1.29 is 13.9 Å². The number of thiazole rings is 1. The van der Waals surface area contributed by atoms with Crippen molar-refractivity contribution in [2.75, 3.05) is 6.54 Å². The number of nitrogens with zero attached hydrogens (tertiary/aromatic N) is 2. The third-order valence-corrected chi connectivity index (χ3v) is 5.23. The van der Waals surface area contributed by atoms with E-state index in [4.69, 9.17) is 16.3 Å². The fraction of sp³-hybridized carbons (Fsp3) is 0.273. The second-order valence-corrected chi connectivity index (χ2v) is 8.41. The van der Waals surface area contributed by atoms with Crippen molar-refractivity contribution in [3.05, 3.63) is 81.0 Å². The lowest BCUT2D eigenvalue weighted by Crippen LogP contribution is -2.34. The number of benzene rings is 2. The molecule has 0 atom stereocenters. The summed E-state index contributed by atoms with van der Waals surface area (Å²) in [5.41, 5.74) is 0.838. The SMILES string of the molecule is CC(C)CN(Cc1csc(COc2ccc(Cl)cc2)n1)C(=O)c1ccccc1F. The zero-order chi connectivity index (χ0) is 20.8. The van der Waals surface area contributed by atoms with Gasteiger partial charge in [0.1, 0.15) is 23.2 Å². The summed E-state index contributed by atoms with van der Waals surface area (Å²) in [4.78, 5) is 19.1. The van der Waals surface area contributed by atoms with E-state index in [0.29, 0.717) is 30.5 Å². The normalized spacial score (nSPS) is 10.9. The molecule has 152 valence electrons. The topological polar surface area (TPSA) is 42.4 Å². The molecule has 4 nitrogen and oxygen atoms in total. The Bertz CT molecular complexity index is 959. The van der Waals surface area contributed by atoms with Gasteiger partial charge in [-0.1, -0.05) is 37.6 Å². The van der Waals surface area contributed by atoms with Crippen molar-refractivity contribution in [1.82, 2.24) is 9.88 Å². The first-order valence-corrected chi connectivity index (χ1v) is 10.5. The Morgan fingerprint density at radius 3 is 2.62 bits per heavy atom. The van der Waals surface area contributed by atoms with E-state index in [9.17, 15) is 9.18 Å². The number of amides is 1. The van der Waals surface area contributed by atoms with Crippen molar-refractivity contribution in [2.45, 2.75) is 27.0 Å². The third-order valence-electron chi connectivity index (χ3n) is 4.11. The van der Waals surface area contributed by atoms with Gasteiger partial charge in [-0.2, -0.15) is 0 Å². The summed E-state index contributed by atoms with van der Waals surface area (Å²) in [7, 11) is 0. The second-order valence-electron chi connectivity index (χ2n) is 7.03. The van der Waals surface area contributed by atoms with E-state index in [-0.39, 0.29) is 17.4 Å². The highest BCUT2D eigenvalue weighted by Gasteiger charge is 2.21. The fourth-order valence-electron chi connectivity index (χ4n) is 2.82. The molecule has 1 aromatic heterocycles. The maximum Gasteiger partial charge on any atom is 0.257 e. The molecule has 29 heavy (non-hydrogen) atoms. The number of rotatable bonds is 8. The molecular formula is C22H22ClFN2O2S. The molecule has 1 heterocycles. The third kappa shape index (κ3) is 6.02. The second kappa shape index (κ2) is 9.85. The van der Waals surface area contributed by atoms with Crippen molar-refractivity contribution in [2.24, 2.45) is 5.92 Å². The summed E-state index contributed by atoms with van der Waals surface area (Å²) >= 11 is 7.34. The highest BCUT2D eigenvalue weighted by atomic mass is 35.5. The van der Waals surface area contributed by atoms with Crippen molar-refractivity contribution in [3.8, 4) is 5.75 Å². The van der Waals surface area contributed by atoms with Crippen molar-refractivity contribution in [3.63, 3.8) is 0 Å². The summed E-state index contributed by atoms with van der Waals surface area (Å²) in [6.45, 7) is 5.21. The van der Waals surface area contributed by atoms with Gasteiger partial charge in [-0.3, -0.25) is 4.79 Å². The van der Waals surface area contributed by atoms with Gasteiger partial charge in [-0.15, -0.1) is 11.3 Å². The van der Waals surface area contributed by atoms with Crippen LogP contribution in [0, 0.1) is 11.7 Å². The summed E-state index contributed by atoms with van der Waals surface area (Å²) in [6.07, 6.45) is 0. The Morgan fingerprint density at radius 1 is 1.21 bits per heavy atom. The molecule has 0 fully saturated rings. The highest BCUT2D eigenvalue weighted by Crippen LogP contribution is 2.20. The van der Waals surface area contributed by atoms with Gasteiger partial charge in [0.05, 0.1) is 17.8 Å². The van der Waals surface area contributed by atoms with Crippen LogP contribution in [0.3, 0.4) is 0 Å². The van der Waals surface area contributed by atoms with E-state index in [1.807, 2.05) is 19.2 Å². The Kier molecular flexibility index (Phi) is 7.23. The first kappa shape index (κ1) is 21.3. The smallest absolute Gasteiger partial charge is 0.257 e. The summed E-state index contributed by atoms with van der Waals surface area (Å²) in [6, 6.07) is 13.2. The van der Waals surface area contributed by atoms with Crippen LogP contribution in [-0.2, 0) is 13.2 Å². The number of hydrogen-bond acceptors (Lipinski definition) is 4. The first-order valence-electron chi connectivity index (χ1n) is 9.28. The predicted molar refractivity (Wildman–Crippen MR) is 114 cm³/mol. The molecule has 0 saturated carbocycles. The largest absolute Gasteiger partial charge is 0.486 e. The standard InChI is InChI=1S/C22H22ClFN2O2S/c1-15(2)11-26(22(27)19-5-3-4-6-20(19)24)12-17-14-29-21(25-17)13-28-18-9-7-16(23)8-10-18/h3-10,14-15H,11-13H2,1-2H3. The molecule has 0 saturated heterocycles. The van der Waals surface area contributed by atoms with Crippen molar-refractivity contribution >= 4 is 28.8 Å². The van der Waals surface area contributed by atoms with Crippen LogP contribution in [0.2, 0.25) is 5.02 Å². The Hall–Kier alpha value is -2.44. The van der Waals surface area contributed by atoms with Crippen LogP contribution in [0.5, 0.6) is 5.75 Å². The van der Waals surface area contributed by atoms with E-state index in [0.717, 1.165) is 10.7 Å². The van der Waals surface area contributed by atoms with E-state index < -0.39 is 5.82 Å². The summed E-state index contributed by atoms with van der Waals surface area (Å²) in [5, 5.41) is 3.36. The minimum absolute atomic E-state index is 0.0784. The van der Waals surface area contributed by atoms with Crippen LogP contribution < -0.4 is 4.74 Å². The zero-order valence-electron chi connectivity index (χ0n) is 16.3. The first-order chi connectivity index (χ1) is 13.9. The van der Waals surface area contributed by atoms with Crippen LogP contribution in [0.1, 0.15) is 34.9 Å². The molecule has 3 rings (SSSR count). The van der Waals surface area contributed by atoms with Gasteiger partial charge < -0.3 is 9.64 Å². The van der Waals surface area contributed by atoms with Crippen LogP contribution in [-0.4, -0.2) is 22.3 Å². The van der Waals surface area contributed by atoms with Crippen LogP contribution in [0.25, 0.3) is 0 Å². The van der Waals surface area contributed by atoms with Gasteiger partial charge in [0, 0.05) is 16.9 Å². The lowest BCUT2D eigenvalue weighted by Gasteiger charge is -2.24. The maximum atomic E-state index is 14.1. The van der Waals surface area contributed by atoms with E-state index in [1.54, 1.807) is 41.3 Å². The van der Waals surface area contributed by atoms with E-state index in [2.05, 4.69) is 4.98 Å². The van der Waals surface area contributed by atoms with Crippen LogP contribution in [0.4, 0.5) is 4.39 Å². The predicted octanol–water partition coefficient (Wildman–Crippen LogP) is 5.81. The molecule has 0 unspecified atom stereocenters. The minimum Gasteiger partial charge on any atom is -0.486 e. The molecule has 0 bridgehead atoms. The van der Waals surface area contributed by atoms with E-state index in [1.165, 1.54) is 23.5 Å². The molecule has 0 aliphatic rings. The molecular weight excluding hydrogens is 411 g/mol. The maximum absolute atomic E-state index is 14.1. The molecule has 3 aromatic rings. The van der Waals surface area contributed by atoms with Gasteiger partial charge in [0.15, 0.2) is 0 Å². The van der Waals surface area contributed by atoms with Gasteiger partial charge >= 0.3 is 0 Å². The van der Waals surface area contributed by atoms with Gasteiger partial charge in [0.25, 0.3) is 5.91 Å². The van der Waals surface area contributed by atoms with Crippen LogP contribution in [0.15, 0.2) is 53.9 Å². The van der Waals surface area contributed by atoms with E-state index >= 15 is 0 Å².